The normalized spacial score (nSPS) is 10.5. The van der Waals surface area contributed by atoms with Gasteiger partial charge in [0.15, 0.2) is 5.13 Å². The van der Waals surface area contributed by atoms with Crippen LogP contribution in [0.2, 0.25) is 10.0 Å². The summed E-state index contributed by atoms with van der Waals surface area (Å²) in [6, 6.07) is 12.1. The average Bonchev–Trinajstić information content (AvgIpc) is 2.93. The molecule has 22 heavy (non-hydrogen) atoms. The zero-order valence-electron chi connectivity index (χ0n) is 11.1. The van der Waals surface area contributed by atoms with Gasteiger partial charge < -0.3 is 15.2 Å². The molecule has 0 unspecified atom stereocenters. The van der Waals surface area contributed by atoms with Crippen molar-refractivity contribution in [3.63, 3.8) is 0 Å². The maximum absolute atomic E-state index is 9.40. The molecule has 1 aromatic heterocycles. The summed E-state index contributed by atoms with van der Waals surface area (Å²) >= 11 is 13.2. The molecule has 0 radical (unpaired) electrons. The Morgan fingerprint density at radius 3 is 2.68 bits per heavy atom. The Morgan fingerprint density at radius 1 is 1.09 bits per heavy atom. The Labute approximate surface area is 140 Å². The molecule has 7 heteroatoms. The number of nitrogens with zero attached hydrogens (tertiary/aromatic N) is 1. The van der Waals surface area contributed by atoms with Crippen LogP contribution in [0.5, 0.6) is 16.6 Å². The molecule has 0 aliphatic rings. The number of halogens is 2. The Balaban J connectivity index is 1.73. The van der Waals surface area contributed by atoms with Crippen LogP contribution in [0.1, 0.15) is 0 Å². The Hall–Kier alpha value is -1.95. The van der Waals surface area contributed by atoms with Crippen molar-refractivity contribution in [2.75, 3.05) is 5.32 Å². The van der Waals surface area contributed by atoms with E-state index in [2.05, 4.69) is 10.3 Å². The van der Waals surface area contributed by atoms with Crippen LogP contribution in [0.4, 0.5) is 10.8 Å². The van der Waals surface area contributed by atoms with Crippen LogP contribution in [0.15, 0.2) is 48.7 Å². The number of anilines is 2. The van der Waals surface area contributed by atoms with Crippen molar-refractivity contribution in [2.24, 2.45) is 0 Å². The van der Waals surface area contributed by atoms with Gasteiger partial charge in [0.05, 0.1) is 16.2 Å². The standard InChI is InChI=1S/C15H10Cl2N2O2S/c16-10-3-1-2-4-13(10)21-14-8-18-15(22-14)19-9-5-6-12(20)11(17)7-9/h1-8,20H,(H,18,19). The first-order valence-electron chi connectivity index (χ1n) is 6.25. The van der Waals surface area contributed by atoms with Crippen LogP contribution >= 0.6 is 34.5 Å². The molecular weight excluding hydrogens is 343 g/mol. The maximum atomic E-state index is 9.40. The van der Waals surface area contributed by atoms with Crippen LogP contribution in [0.25, 0.3) is 0 Å². The van der Waals surface area contributed by atoms with Gasteiger partial charge in [-0.2, -0.15) is 0 Å². The van der Waals surface area contributed by atoms with E-state index in [1.807, 2.05) is 12.1 Å². The lowest BCUT2D eigenvalue weighted by atomic mass is 10.3. The summed E-state index contributed by atoms with van der Waals surface area (Å²) < 4.78 is 5.69. The maximum Gasteiger partial charge on any atom is 0.202 e. The van der Waals surface area contributed by atoms with E-state index in [9.17, 15) is 5.11 Å². The smallest absolute Gasteiger partial charge is 0.202 e. The van der Waals surface area contributed by atoms with Gasteiger partial charge >= 0.3 is 0 Å². The van der Waals surface area contributed by atoms with Gasteiger partial charge in [-0.15, -0.1) is 0 Å². The molecule has 0 bridgehead atoms. The number of phenols is 1. The van der Waals surface area contributed by atoms with Crippen LogP contribution in [0, 0.1) is 0 Å². The quantitative estimate of drug-likeness (QED) is 0.592. The van der Waals surface area contributed by atoms with E-state index in [1.54, 1.807) is 30.5 Å². The van der Waals surface area contributed by atoms with E-state index in [0.717, 1.165) is 5.69 Å². The summed E-state index contributed by atoms with van der Waals surface area (Å²) in [5, 5.41) is 14.6. The molecule has 1 heterocycles. The van der Waals surface area contributed by atoms with Gasteiger partial charge in [-0.05, 0) is 30.3 Å². The minimum Gasteiger partial charge on any atom is -0.506 e. The van der Waals surface area contributed by atoms with Gasteiger partial charge in [-0.1, -0.05) is 46.7 Å². The summed E-state index contributed by atoms with van der Waals surface area (Å²) in [6.07, 6.45) is 1.61. The number of benzene rings is 2. The third kappa shape index (κ3) is 3.44. The molecule has 2 aromatic carbocycles. The Morgan fingerprint density at radius 2 is 1.91 bits per heavy atom. The molecule has 0 aliphatic carbocycles. The van der Waals surface area contributed by atoms with Crippen molar-refractivity contribution >= 4 is 45.4 Å². The molecule has 2 N–H and O–H groups in total. The summed E-state index contributed by atoms with van der Waals surface area (Å²) in [6.45, 7) is 0. The van der Waals surface area contributed by atoms with Crippen LogP contribution < -0.4 is 10.1 Å². The van der Waals surface area contributed by atoms with Gasteiger partial charge in [0.2, 0.25) is 5.06 Å². The minimum atomic E-state index is 0.0362. The number of thiazole rings is 1. The highest BCUT2D eigenvalue weighted by atomic mass is 35.5. The highest BCUT2D eigenvalue weighted by molar-refractivity contribution is 7.17. The van der Waals surface area contributed by atoms with E-state index >= 15 is 0 Å². The summed E-state index contributed by atoms with van der Waals surface area (Å²) in [5.74, 6) is 0.612. The minimum absolute atomic E-state index is 0.0362. The molecule has 0 fully saturated rings. The molecule has 4 nitrogen and oxygen atoms in total. The van der Waals surface area contributed by atoms with Crippen molar-refractivity contribution < 1.29 is 9.84 Å². The van der Waals surface area contributed by atoms with E-state index in [4.69, 9.17) is 27.9 Å². The summed E-state index contributed by atoms with van der Waals surface area (Å²) in [7, 11) is 0. The zero-order valence-corrected chi connectivity index (χ0v) is 13.4. The molecule has 0 aliphatic heterocycles. The molecule has 0 amide bonds. The molecule has 0 atom stereocenters. The Kier molecular flexibility index (Phi) is 4.38. The second-order valence-electron chi connectivity index (χ2n) is 4.31. The third-order valence-corrected chi connectivity index (χ3v) is 4.14. The molecule has 0 saturated heterocycles. The van der Waals surface area contributed by atoms with Gasteiger partial charge in [0.1, 0.15) is 11.5 Å². The number of para-hydroxylation sites is 1. The molecule has 0 saturated carbocycles. The van der Waals surface area contributed by atoms with Crippen molar-refractivity contribution in [2.45, 2.75) is 0 Å². The fraction of sp³-hybridized carbons (Fsp3) is 0. The van der Waals surface area contributed by atoms with Gasteiger partial charge in [0.25, 0.3) is 0 Å². The number of aromatic nitrogens is 1. The van der Waals surface area contributed by atoms with Crippen molar-refractivity contribution in [1.82, 2.24) is 4.98 Å². The van der Waals surface area contributed by atoms with E-state index in [1.165, 1.54) is 17.4 Å². The van der Waals surface area contributed by atoms with E-state index in [-0.39, 0.29) is 10.8 Å². The second-order valence-corrected chi connectivity index (χ2v) is 6.12. The highest BCUT2D eigenvalue weighted by Crippen LogP contribution is 2.35. The second kappa shape index (κ2) is 6.44. The van der Waals surface area contributed by atoms with E-state index in [0.29, 0.717) is 21.0 Å². The molecule has 3 aromatic rings. The lowest BCUT2D eigenvalue weighted by Gasteiger charge is -2.04. The molecule has 112 valence electrons. The number of rotatable bonds is 4. The SMILES string of the molecule is Oc1ccc(Nc2ncc(Oc3ccccc3Cl)s2)cc1Cl. The van der Waals surface area contributed by atoms with Crippen molar-refractivity contribution in [3.05, 3.63) is 58.7 Å². The lowest BCUT2D eigenvalue weighted by molar-refractivity contribution is 0.475. The molecule has 0 spiro atoms. The van der Waals surface area contributed by atoms with Crippen LogP contribution in [0.3, 0.4) is 0 Å². The topological polar surface area (TPSA) is 54.4 Å². The van der Waals surface area contributed by atoms with Crippen molar-refractivity contribution in [1.29, 1.82) is 0 Å². The summed E-state index contributed by atoms with van der Waals surface area (Å²) in [5.41, 5.74) is 0.724. The number of ether oxygens (including phenoxy) is 1. The first-order chi connectivity index (χ1) is 10.6. The number of nitrogens with one attached hydrogen (secondary N) is 1. The van der Waals surface area contributed by atoms with Gasteiger partial charge in [-0.3, -0.25) is 0 Å². The monoisotopic (exact) mass is 352 g/mol. The average molecular weight is 353 g/mol. The van der Waals surface area contributed by atoms with E-state index < -0.39 is 0 Å². The van der Waals surface area contributed by atoms with Gasteiger partial charge in [0, 0.05) is 5.69 Å². The largest absolute Gasteiger partial charge is 0.506 e. The fourth-order valence-electron chi connectivity index (χ4n) is 1.71. The lowest BCUT2D eigenvalue weighted by Crippen LogP contribution is -1.88. The third-order valence-electron chi connectivity index (χ3n) is 2.73. The first-order valence-corrected chi connectivity index (χ1v) is 7.83. The number of aromatic hydroxyl groups is 1. The van der Waals surface area contributed by atoms with Crippen molar-refractivity contribution in [3.8, 4) is 16.6 Å². The molecular formula is C15H10Cl2N2O2S. The first kappa shape index (κ1) is 15.0. The van der Waals surface area contributed by atoms with Gasteiger partial charge in [-0.25, -0.2) is 4.98 Å². The zero-order chi connectivity index (χ0) is 15.5. The number of hydrogen-bond donors (Lipinski definition) is 2. The molecule has 3 rings (SSSR count). The summed E-state index contributed by atoms with van der Waals surface area (Å²) in [4.78, 5) is 4.22. The number of phenolic OH excluding ortho intramolecular Hbond substituents is 1. The number of hydrogen-bond acceptors (Lipinski definition) is 5. The highest BCUT2D eigenvalue weighted by Gasteiger charge is 2.08. The fourth-order valence-corrected chi connectivity index (χ4v) is 2.76. The van der Waals surface area contributed by atoms with Crippen LogP contribution in [-0.4, -0.2) is 10.1 Å². The predicted molar refractivity (Wildman–Crippen MR) is 90.0 cm³/mol. The van der Waals surface area contributed by atoms with Crippen LogP contribution in [-0.2, 0) is 0 Å². The Bertz CT molecular complexity index is 808. The predicted octanol–water partition coefficient (Wildman–Crippen LogP) is 5.69.